The van der Waals surface area contributed by atoms with E-state index in [0.29, 0.717) is 36.1 Å². The Hall–Kier alpha value is -1.71. The number of likely N-dealkylation sites (N-methyl/N-ethyl adjacent to an activating group) is 1. The second-order valence-corrected chi connectivity index (χ2v) is 3.98. The van der Waals surface area contributed by atoms with Gasteiger partial charge < -0.3 is 5.32 Å². The highest BCUT2D eigenvalue weighted by molar-refractivity contribution is 5.96. The van der Waals surface area contributed by atoms with Crippen LogP contribution in [-0.2, 0) is 11.2 Å². The van der Waals surface area contributed by atoms with Gasteiger partial charge in [-0.05, 0) is 42.5 Å². The van der Waals surface area contributed by atoms with Crippen molar-refractivity contribution >= 4 is 11.5 Å². The lowest BCUT2D eigenvalue weighted by Gasteiger charge is -2.03. The fourth-order valence-corrected chi connectivity index (χ4v) is 2.07. The number of fused-ring (bicyclic) bond motifs is 1. The van der Waals surface area contributed by atoms with Gasteiger partial charge in [-0.3, -0.25) is 4.79 Å². The van der Waals surface area contributed by atoms with Gasteiger partial charge in [-0.25, -0.2) is 8.78 Å². The van der Waals surface area contributed by atoms with Crippen LogP contribution in [0.2, 0.25) is 0 Å². The molecule has 1 aromatic carbocycles. The smallest absolute Gasteiger partial charge is 0.244 e. The van der Waals surface area contributed by atoms with E-state index < -0.39 is 11.6 Å². The molecule has 1 N–H and O–H groups in total. The van der Waals surface area contributed by atoms with Crippen LogP contribution < -0.4 is 5.32 Å². The summed E-state index contributed by atoms with van der Waals surface area (Å²) in [4.78, 5) is 11.4. The Balaban J connectivity index is 2.36. The van der Waals surface area contributed by atoms with E-state index in [0.717, 1.165) is 6.07 Å². The summed E-state index contributed by atoms with van der Waals surface area (Å²) in [6.07, 6.45) is 2.52. The van der Waals surface area contributed by atoms with E-state index in [9.17, 15) is 13.6 Å². The molecule has 1 aliphatic carbocycles. The minimum Gasteiger partial charge on any atom is -0.353 e. The molecule has 0 aliphatic heterocycles. The maximum Gasteiger partial charge on any atom is 0.244 e. The van der Waals surface area contributed by atoms with Crippen molar-refractivity contribution in [3.8, 4) is 0 Å². The van der Waals surface area contributed by atoms with Crippen LogP contribution in [0, 0.1) is 11.6 Å². The number of benzene rings is 1. The molecular weight excluding hydrogens is 224 g/mol. The Morgan fingerprint density at radius 2 is 2.18 bits per heavy atom. The molecule has 0 aromatic heterocycles. The number of hydrogen-bond donors (Lipinski definition) is 1. The molecule has 2 nitrogen and oxygen atoms in total. The average molecular weight is 237 g/mol. The molecule has 4 heteroatoms. The summed E-state index contributed by atoms with van der Waals surface area (Å²) < 4.78 is 26.6. The summed E-state index contributed by atoms with van der Waals surface area (Å²) in [7, 11) is 0. The highest BCUT2D eigenvalue weighted by Gasteiger charge is 2.21. The van der Waals surface area contributed by atoms with Crippen molar-refractivity contribution in [2.45, 2.75) is 19.8 Å². The summed E-state index contributed by atoms with van der Waals surface area (Å²) >= 11 is 0. The van der Waals surface area contributed by atoms with Gasteiger partial charge in [-0.15, -0.1) is 0 Å². The van der Waals surface area contributed by atoms with Crippen LogP contribution in [0.5, 0.6) is 0 Å². The SMILES string of the molecule is CCNC(=O)C=C1CCc2c(F)cc(F)cc21. The Morgan fingerprint density at radius 3 is 2.88 bits per heavy atom. The first-order valence-corrected chi connectivity index (χ1v) is 5.58. The molecule has 17 heavy (non-hydrogen) atoms. The van der Waals surface area contributed by atoms with Gasteiger partial charge in [0.05, 0.1) is 0 Å². The zero-order valence-electron chi connectivity index (χ0n) is 9.52. The van der Waals surface area contributed by atoms with E-state index >= 15 is 0 Å². The lowest BCUT2D eigenvalue weighted by molar-refractivity contribution is -0.116. The second-order valence-electron chi connectivity index (χ2n) is 3.98. The van der Waals surface area contributed by atoms with E-state index in [2.05, 4.69) is 5.32 Å². The Morgan fingerprint density at radius 1 is 1.41 bits per heavy atom. The van der Waals surface area contributed by atoms with Gasteiger partial charge in [0.2, 0.25) is 5.91 Å². The molecular formula is C13H13F2NO. The molecule has 0 saturated heterocycles. The monoisotopic (exact) mass is 237 g/mol. The average Bonchev–Trinajstić information content (AvgIpc) is 2.62. The molecule has 0 spiro atoms. The number of halogens is 2. The highest BCUT2D eigenvalue weighted by atomic mass is 19.1. The van der Waals surface area contributed by atoms with Crippen LogP contribution in [-0.4, -0.2) is 12.5 Å². The van der Waals surface area contributed by atoms with E-state index in [-0.39, 0.29) is 5.91 Å². The minimum atomic E-state index is -0.607. The topological polar surface area (TPSA) is 29.1 Å². The molecule has 2 rings (SSSR count). The zero-order valence-corrected chi connectivity index (χ0v) is 9.52. The second kappa shape index (κ2) is 4.65. The lowest BCUT2D eigenvalue weighted by Crippen LogP contribution is -2.20. The number of rotatable bonds is 2. The molecule has 0 bridgehead atoms. The summed E-state index contributed by atoms with van der Waals surface area (Å²) in [6.45, 7) is 2.35. The van der Waals surface area contributed by atoms with Crippen LogP contribution in [0.3, 0.4) is 0 Å². The van der Waals surface area contributed by atoms with Gasteiger partial charge in [0.25, 0.3) is 0 Å². The fraction of sp³-hybridized carbons (Fsp3) is 0.308. The third-order valence-electron chi connectivity index (χ3n) is 2.81. The Labute approximate surface area is 98.3 Å². The van der Waals surface area contributed by atoms with E-state index in [1.807, 2.05) is 6.92 Å². The molecule has 1 amide bonds. The molecule has 0 radical (unpaired) electrons. The maximum atomic E-state index is 13.4. The zero-order chi connectivity index (χ0) is 12.4. The molecule has 90 valence electrons. The molecule has 0 fully saturated rings. The lowest BCUT2D eigenvalue weighted by atomic mass is 10.1. The largest absolute Gasteiger partial charge is 0.353 e. The number of hydrogen-bond acceptors (Lipinski definition) is 1. The van der Waals surface area contributed by atoms with Crippen LogP contribution in [0.25, 0.3) is 5.57 Å². The molecule has 1 aromatic rings. The number of allylic oxidation sites excluding steroid dienone is 1. The number of amides is 1. The van der Waals surface area contributed by atoms with E-state index in [4.69, 9.17) is 0 Å². The van der Waals surface area contributed by atoms with E-state index in [1.165, 1.54) is 12.1 Å². The third-order valence-corrected chi connectivity index (χ3v) is 2.81. The summed E-state index contributed by atoms with van der Waals surface area (Å²) in [5.74, 6) is -1.36. The van der Waals surface area contributed by atoms with Crippen molar-refractivity contribution in [3.63, 3.8) is 0 Å². The predicted octanol–water partition coefficient (Wildman–Crippen LogP) is 2.43. The first-order valence-electron chi connectivity index (χ1n) is 5.58. The quantitative estimate of drug-likeness (QED) is 0.786. The van der Waals surface area contributed by atoms with Gasteiger partial charge in [0.1, 0.15) is 11.6 Å². The number of carbonyl (C=O) groups excluding carboxylic acids is 1. The minimum absolute atomic E-state index is 0.222. The maximum absolute atomic E-state index is 13.4. The van der Waals surface area contributed by atoms with Crippen molar-refractivity contribution < 1.29 is 13.6 Å². The van der Waals surface area contributed by atoms with Crippen LogP contribution in [0.4, 0.5) is 8.78 Å². The Bertz CT molecular complexity index is 494. The number of nitrogens with one attached hydrogen (secondary N) is 1. The number of carbonyl (C=O) groups is 1. The highest BCUT2D eigenvalue weighted by Crippen LogP contribution is 2.34. The predicted molar refractivity (Wildman–Crippen MR) is 61.3 cm³/mol. The Kier molecular flexibility index (Phi) is 3.22. The first kappa shape index (κ1) is 11.8. The van der Waals surface area contributed by atoms with Crippen LogP contribution in [0.1, 0.15) is 24.5 Å². The van der Waals surface area contributed by atoms with Crippen molar-refractivity contribution in [2.24, 2.45) is 0 Å². The van der Waals surface area contributed by atoms with Gasteiger partial charge in [0, 0.05) is 18.7 Å². The van der Waals surface area contributed by atoms with Crippen molar-refractivity contribution in [1.82, 2.24) is 5.32 Å². The van der Waals surface area contributed by atoms with Gasteiger partial charge in [-0.1, -0.05) is 0 Å². The molecule has 0 unspecified atom stereocenters. The van der Waals surface area contributed by atoms with E-state index in [1.54, 1.807) is 0 Å². The van der Waals surface area contributed by atoms with Crippen molar-refractivity contribution in [2.75, 3.05) is 6.54 Å². The standard InChI is InChI=1S/C13H13F2NO/c1-2-16-13(17)5-8-3-4-10-11(8)6-9(14)7-12(10)15/h5-7H,2-4H2,1H3,(H,16,17). The molecule has 0 atom stereocenters. The molecule has 0 heterocycles. The third kappa shape index (κ3) is 2.35. The van der Waals surface area contributed by atoms with Gasteiger partial charge in [-0.2, -0.15) is 0 Å². The normalized spacial score (nSPS) is 16.1. The summed E-state index contributed by atoms with van der Waals surface area (Å²) in [5, 5.41) is 2.63. The first-order chi connectivity index (χ1) is 8.11. The van der Waals surface area contributed by atoms with Crippen LogP contribution in [0.15, 0.2) is 18.2 Å². The fourth-order valence-electron chi connectivity index (χ4n) is 2.07. The molecule has 1 aliphatic rings. The van der Waals surface area contributed by atoms with Crippen molar-refractivity contribution in [1.29, 1.82) is 0 Å². The summed E-state index contributed by atoms with van der Waals surface area (Å²) in [5.41, 5.74) is 1.72. The van der Waals surface area contributed by atoms with Crippen molar-refractivity contribution in [3.05, 3.63) is 41.0 Å². The van der Waals surface area contributed by atoms with Crippen LogP contribution >= 0.6 is 0 Å². The van der Waals surface area contributed by atoms with Gasteiger partial charge in [0.15, 0.2) is 0 Å². The summed E-state index contributed by atoms with van der Waals surface area (Å²) in [6, 6.07) is 2.17. The van der Waals surface area contributed by atoms with Gasteiger partial charge >= 0.3 is 0 Å². The molecule has 0 saturated carbocycles.